The van der Waals surface area contributed by atoms with Crippen molar-refractivity contribution in [1.82, 2.24) is 14.9 Å². The first-order chi connectivity index (χ1) is 12.3. The lowest BCUT2D eigenvalue weighted by Gasteiger charge is -2.19. The summed E-state index contributed by atoms with van der Waals surface area (Å²) in [6.45, 7) is 8.61. The molecule has 2 aromatic heterocycles. The molecule has 0 spiro atoms. The van der Waals surface area contributed by atoms with Crippen molar-refractivity contribution in [2.75, 3.05) is 6.54 Å². The van der Waals surface area contributed by atoms with Crippen molar-refractivity contribution in [1.29, 1.82) is 0 Å². The second kappa shape index (κ2) is 6.82. The molecule has 26 heavy (non-hydrogen) atoms. The minimum atomic E-state index is -0.506. The van der Waals surface area contributed by atoms with Gasteiger partial charge in [-0.05, 0) is 40.2 Å². The summed E-state index contributed by atoms with van der Waals surface area (Å²) >= 11 is 0. The van der Waals surface area contributed by atoms with Gasteiger partial charge in [0.15, 0.2) is 5.52 Å². The highest BCUT2D eigenvalue weighted by atomic mass is 16.6. The predicted molar refractivity (Wildman–Crippen MR) is 99.8 cm³/mol. The molecule has 0 aliphatic carbocycles. The van der Waals surface area contributed by atoms with Crippen molar-refractivity contribution in [3.63, 3.8) is 0 Å². The molecule has 0 unspecified atom stereocenters. The van der Waals surface area contributed by atoms with E-state index in [0.717, 1.165) is 27.9 Å². The molecular formula is C19H24N4O3. The number of amides is 1. The van der Waals surface area contributed by atoms with Gasteiger partial charge in [-0.2, -0.15) is 4.73 Å². The number of imidazole rings is 1. The van der Waals surface area contributed by atoms with Crippen LogP contribution in [0, 0.1) is 12.1 Å². The average molecular weight is 356 g/mol. The minimum absolute atomic E-state index is 0.414. The fourth-order valence-corrected chi connectivity index (χ4v) is 3.02. The van der Waals surface area contributed by atoms with Gasteiger partial charge in [0.1, 0.15) is 11.4 Å². The Hall–Kier alpha value is -2.83. The van der Waals surface area contributed by atoms with Gasteiger partial charge < -0.3 is 19.8 Å². The number of aromatic nitrogens is 3. The van der Waals surface area contributed by atoms with E-state index in [1.807, 2.05) is 45.9 Å². The molecule has 0 aliphatic rings. The zero-order valence-corrected chi connectivity index (χ0v) is 15.6. The van der Waals surface area contributed by atoms with Gasteiger partial charge in [-0.1, -0.05) is 12.1 Å². The number of nitrogens with zero attached hydrogens (tertiary/aromatic N) is 3. The molecule has 7 nitrogen and oxygen atoms in total. The van der Waals surface area contributed by atoms with Crippen molar-refractivity contribution >= 4 is 28.0 Å². The monoisotopic (exact) mass is 356 g/mol. The zero-order chi connectivity index (χ0) is 18.9. The van der Waals surface area contributed by atoms with Crippen LogP contribution >= 0.6 is 0 Å². The van der Waals surface area contributed by atoms with Crippen LogP contribution in [0.3, 0.4) is 0 Å². The molecule has 0 radical (unpaired) electrons. The van der Waals surface area contributed by atoms with Crippen molar-refractivity contribution in [2.24, 2.45) is 0 Å². The van der Waals surface area contributed by atoms with Gasteiger partial charge in [-0.15, -0.1) is 0 Å². The molecule has 0 fully saturated rings. The molecule has 1 aromatic carbocycles. The third kappa shape index (κ3) is 3.71. The van der Waals surface area contributed by atoms with Gasteiger partial charge in [-0.25, -0.2) is 9.78 Å². The van der Waals surface area contributed by atoms with E-state index in [-0.39, 0.29) is 0 Å². The van der Waals surface area contributed by atoms with Gasteiger partial charge in [-0.3, -0.25) is 0 Å². The molecule has 3 aromatic rings. The summed E-state index contributed by atoms with van der Waals surface area (Å²) in [5.74, 6) is 0.841. The maximum atomic E-state index is 12.2. The molecule has 138 valence electrons. The van der Waals surface area contributed by atoms with Crippen molar-refractivity contribution in [2.45, 2.75) is 46.3 Å². The van der Waals surface area contributed by atoms with E-state index in [4.69, 9.17) is 4.74 Å². The fraction of sp³-hybridized carbons (Fsp3) is 0.421. The average Bonchev–Trinajstić information content (AvgIpc) is 2.85. The molecule has 0 aliphatic heterocycles. The number of nitrogens with one attached hydrogen (secondary N) is 1. The highest BCUT2D eigenvalue weighted by Crippen LogP contribution is 2.23. The largest absolute Gasteiger partial charge is 0.618 e. The zero-order valence-electron chi connectivity index (χ0n) is 15.6. The van der Waals surface area contributed by atoms with Crippen molar-refractivity contribution in [3.05, 3.63) is 41.5 Å². The number of hydrogen-bond donors (Lipinski definition) is 1. The Bertz CT molecular complexity index is 957. The quantitative estimate of drug-likeness (QED) is 0.442. The summed E-state index contributed by atoms with van der Waals surface area (Å²) in [5, 5.41) is 15.8. The summed E-state index contributed by atoms with van der Waals surface area (Å²) in [7, 11) is 0. The number of aryl methyl sites for hydroxylation is 2. The van der Waals surface area contributed by atoms with Gasteiger partial charge >= 0.3 is 6.09 Å². The fourth-order valence-electron chi connectivity index (χ4n) is 3.02. The molecule has 7 heteroatoms. The van der Waals surface area contributed by atoms with Crippen LogP contribution < -0.4 is 10.0 Å². The van der Waals surface area contributed by atoms with Crippen LogP contribution in [0.1, 0.15) is 33.0 Å². The van der Waals surface area contributed by atoms with Crippen LogP contribution in [0.4, 0.5) is 4.79 Å². The highest BCUT2D eigenvalue weighted by molar-refractivity contribution is 6.00. The van der Waals surface area contributed by atoms with E-state index in [0.29, 0.717) is 24.1 Å². The maximum Gasteiger partial charge on any atom is 0.407 e. The second-order valence-corrected chi connectivity index (χ2v) is 7.30. The summed E-state index contributed by atoms with van der Waals surface area (Å²) in [6.07, 6.45) is 1.83. The number of pyridine rings is 1. The molecule has 1 N–H and O–H groups in total. The van der Waals surface area contributed by atoms with E-state index in [9.17, 15) is 10.0 Å². The lowest BCUT2D eigenvalue weighted by Crippen LogP contribution is -2.33. The Balaban J connectivity index is 1.77. The van der Waals surface area contributed by atoms with E-state index in [1.165, 1.54) is 6.20 Å². The summed E-state index contributed by atoms with van der Waals surface area (Å²) < 4.78 is 8.18. The van der Waals surface area contributed by atoms with Gasteiger partial charge in [0.2, 0.25) is 11.7 Å². The lowest BCUT2D eigenvalue weighted by molar-refractivity contribution is -0.575. The van der Waals surface area contributed by atoms with Crippen molar-refractivity contribution in [3.8, 4) is 0 Å². The highest BCUT2D eigenvalue weighted by Gasteiger charge is 2.17. The Labute approximate surface area is 152 Å². The number of ether oxygens (including phenoxy) is 1. The molecular weight excluding hydrogens is 332 g/mol. The second-order valence-electron chi connectivity index (χ2n) is 7.30. The Morgan fingerprint density at radius 1 is 1.35 bits per heavy atom. The molecule has 0 saturated carbocycles. The molecule has 3 rings (SSSR count). The van der Waals surface area contributed by atoms with E-state index in [1.54, 1.807) is 6.07 Å². The molecule has 1 amide bonds. The summed E-state index contributed by atoms with van der Waals surface area (Å²) in [5.41, 5.74) is 1.74. The number of fused-ring (bicyclic) bond motifs is 3. The van der Waals surface area contributed by atoms with Gasteiger partial charge in [0.05, 0.1) is 10.9 Å². The van der Waals surface area contributed by atoms with Crippen LogP contribution in [0.25, 0.3) is 21.9 Å². The molecule has 0 atom stereocenters. The first-order valence-corrected chi connectivity index (χ1v) is 8.71. The number of benzene rings is 1. The third-order valence-corrected chi connectivity index (χ3v) is 4.05. The van der Waals surface area contributed by atoms with E-state index >= 15 is 0 Å². The first-order valence-electron chi connectivity index (χ1n) is 8.71. The number of hydrogen-bond acceptors (Lipinski definition) is 4. The number of carbonyl (C=O) groups excluding carboxylic acids is 1. The molecule has 2 heterocycles. The van der Waals surface area contributed by atoms with E-state index < -0.39 is 11.7 Å². The van der Waals surface area contributed by atoms with Gasteiger partial charge in [0.25, 0.3) is 0 Å². The van der Waals surface area contributed by atoms with Crippen LogP contribution in [0.15, 0.2) is 30.5 Å². The first kappa shape index (κ1) is 18.0. The summed E-state index contributed by atoms with van der Waals surface area (Å²) in [6, 6.07) is 7.50. The Morgan fingerprint density at radius 3 is 2.81 bits per heavy atom. The number of para-hydroxylation sites is 1. The van der Waals surface area contributed by atoms with Crippen LogP contribution in [0.2, 0.25) is 0 Å². The third-order valence-electron chi connectivity index (χ3n) is 4.05. The van der Waals surface area contributed by atoms with Crippen molar-refractivity contribution < 1.29 is 14.3 Å². The topological polar surface area (TPSA) is 83.1 Å². The number of rotatable bonds is 4. The van der Waals surface area contributed by atoms with E-state index in [2.05, 4.69) is 14.9 Å². The van der Waals surface area contributed by atoms with Gasteiger partial charge in [0, 0.05) is 19.2 Å². The Morgan fingerprint density at radius 2 is 2.08 bits per heavy atom. The van der Waals surface area contributed by atoms with Crippen LogP contribution in [-0.4, -0.2) is 27.8 Å². The lowest BCUT2D eigenvalue weighted by atomic mass is 10.2. The predicted octanol–water partition coefficient (Wildman–Crippen LogP) is 3.05. The number of carbonyl (C=O) groups is 1. The SMILES string of the molecule is Cc1nc2c[n+]([O-])c3ccccc3c2n1CCCNC(=O)OC(C)(C)C. The summed E-state index contributed by atoms with van der Waals surface area (Å²) in [4.78, 5) is 16.2. The normalized spacial score (nSPS) is 11.8. The maximum absolute atomic E-state index is 12.2. The smallest absolute Gasteiger partial charge is 0.407 e. The van der Waals surface area contributed by atoms with Crippen LogP contribution in [0.5, 0.6) is 0 Å². The number of alkyl carbamates (subject to hydrolysis) is 1. The molecule has 0 bridgehead atoms. The minimum Gasteiger partial charge on any atom is -0.618 e. The molecule has 0 saturated heterocycles. The Kier molecular flexibility index (Phi) is 4.71. The standard InChI is InChI=1S/C19H24N4O3/c1-13-21-15-12-23(25)16-9-6-5-8-14(16)17(15)22(13)11-7-10-20-18(24)26-19(2,3)4/h5-6,8-9,12H,7,10-11H2,1-4H3,(H,20,24). The van der Waals surface area contributed by atoms with Crippen LogP contribution in [-0.2, 0) is 11.3 Å².